The predicted octanol–water partition coefficient (Wildman–Crippen LogP) is 0.722. The largest absolute Gasteiger partial charge is 0.481 e. The summed E-state index contributed by atoms with van der Waals surface area (Å²) in [6.07, 6.45) is 0. The second kappa shape index (κ2) is 5.81. The summed E-state index contributed by atoms with van der Waals surface area (Å²) in [6.45, 7) is 1.46. The number of hydrogen-bond donors (Lipinski definition) is 3. The Morgan fingerprint density at radius 2 is 1.72 bits per heavy atom. The fourth-order valence-electron chi connectivity index (χ4n) is 1.22. The Morgan fingerprint density at radius 1 is 1.17 bits per heavy atom. The van der Waals surface area contributed by atoms with E-state index in [1.54, 1.807) is 12.1 Å². The van der Waals surface area contributed by atoms with Crippen molar-refractivity contribution in [2.45, 2.75) is 13.5 Å². The number of carbonyl (C=O) groups is 3. The molecule has 1 aromatic carbocycles. The number of hydrogen-bond acceptors (Lipinski definition) is 3. The maximum absolute atomic E-state index is 11.3. The molecule has 6 heteroatoms. The SMILES string of the molecule is CC(C(=O)O)C(=O)NCc1ccc(C(=O)O)cc1. The van der Waals surface area contributed by atoms with Gasteiger partial charge in [0.1, 0.15) is 5.92 Å². The summed E-state index contributed by atoms with van der Waals surface area (Å²) < 4.78 is 0. The number of nitrogens with one attached hydrogen (secondary N) is 1. The van der Waals surface area contributed by atoms with Crippen molar-refractivity contribution >= 4 is 17.8 Å². The molecule has 3 N–H and O–H groups in total. The van der Waals surface area contributed by atoms with E-state index >= 15 is 0 Å². The summed E-state index contributed by atoms with van der Waals surface area (Å²) in [5.41, 5.74) is 0.856. The molecule has 0 aliphatic rings. The summed E-state index contributed by atoms with van der Waals surface area (Å²) in [6, 6.07) is 5.97. The molecule has 0 radical (unpaired) electrons. The predicted molar refractivity (Wildman–Crippen MR) is 62.0 cm³/mol. The van der Waals surface area contributed by atoms with Crippen LogP contribution in [-0.4, -0.2) is 28.1 Å². The Balaban J connectivity index is 2.56. The van der Waals surface area contributed by atoms with Gasteiger partial charge in [-0.3, -0.25) is 9.59 Å². The van der Waals surface area contributed by atoms with Crippen LogP contribution in [-0.2, 0) is 16.1 Å². The molecule has 1 atom stereocenters. The quantitative estimate of drug-likeness (QED) is 0.669. The van der Waals surface area contributed by atoms with Crippen molar-refractivity contribution < 1.29 is 24.6 Å². The van der Waals surface area contributed by atoms with Crippen LogP contribution in [0.5, 0.6) is 0 Å². The number of benzene rings is 1. The highest BCUT2D eigenvalue weighted by Crippen LogP contribution is 2.05. The highest BCUT2D eigenvalue weighted by molar-refractivity contribution is 5.96. The van der Waals surface area contributed by atoms with E-state index in [2.05, 4.69) is 5.32 Å². The standard InChI is InChI=1S/C12H13NO5/c1-7(11(15)16)10(14)13-6-8-2-4-9(5-3-8)12(17)18/h2-5,7H,6H2,1H3,(H,13,14)(H,15,16)(H,17,18). The molecule has 1 rings (SSSR count). The van der Waals surface area contributed by atoms with Crippen molar-refractivity contribution in [2.24, 2.45) is 5.92 Å². The van der Waals surface area contributed by atoms with E-state index in [-0.39, 0.29) is 12.1 Å². The van der Waals surface area contributed by atoms with Gasteiger partial charge in [-0.2, -0.15) is 0 Å². The first kappa shape index (κ1) is 13.7. The van der Waals surface area contributed by atoms with E-state index in [1.165, 1.54) is 19.1 Å². The third-order valence-electron chi connectivity index (χ3n) is 2.43. The lowest BCUT2D eigenvalue weighted by Gasteiger charge is -2.08. The summed E-state index contributed by atoms with van der Waals surface area (Å²) in [4.78, 5) is 32.5. The van der Waals surface area contributed by atoms with E-state index in [0.29, 0.717) is 5.56 Å². The van der Waals surface area contributed by atoms with Crippen molar-refractivity contribution in [2.75, 3.05) is 0 Å². The van der Waals surface area contributed by atoms with Crippen LogP contribution in [0.3, 0.4) is 0 Å². The average Bonchev–Trinajstić information content (AvgIpc) is 2.35. The second-order valence-electron chi connectivity index (χ2n) is 3.78. The van der Waals surface area contributed by atoms with Gasteiger partial charge in [0.2, 0.25) is 5.91 Å². The number of aliphatic carboxylic acids is 1. The first-order valence-electron chi connectivity index (χ1n) is 5.24. The lowest BCUT2D eigenvalue weighted by molar-refractivity contribution is -0.146. The molecule has 96 valence electrons. The zero-order chi connectivity index (χ0) is 13.7. The molecule has 0 saturated heterocycles. The topological polar surface area (TPSA) is 104 Å². The van der Waals surface area contributed by atoms with E-state index < -0.39 is 23.8 Å². The lowest BCUT2D eigenvalue weighted by atomic mass is 10.1. The monoisotopic (exact) mass is 251 g/mol. The van der Waals surface area contributed by atoms with Crippen LogP contribution in [0.25, 0.3) is 0 Å². The van der Waals surface area contributed by atoms with Crippen LogP contribution in [0.4, 0.5) is 0 Å². The van der Waals surface area contributed by atoms with Crippen LogP contribution in [0.15, 0.2) is 24.3 Å². The zero-order valence-electron chi connectivity index (χ0n) is 9.71. The molecule has 1 amide bonds. The third-order valence-corrected chi connectivity index (χ3v) is 2.43. The maximum atomic E-state index is 11.3. The number of rotatable bonds is 5. The third kappa shape index (κ3) is 3.58. The smallest absolute Gasteiger partial charge is 0.335 e. The van der Waals surface area contributed by atoms with Gasteiger partial charge >= 0.3 is 11.9 Å². The minimum absolute atomic E-state index is 0.156. The Bertz CT molecular complexity index is 466. The molecule has 0 aliphatic carbocycles. The number of aromatic carboxylic acids is 1. The fraction of sp³-hybridized carbons (Fsp3) is 0.250. The Hall–Kier alpha value is -2.37. The Labute approximate surface area is 103 Å². The van der Waals surface area contributed by atoms with Gasteiger partial charge in [0.05, 0.1) is 5.56 Å². The van der Waals surface area contributed by atoms with Gasteiger partial charge in [-0.15, -0.1) is 0 Å². The van der Waals surface area contributed by atoms with Gasteiger partial charge in [-0.1, -0.05) is 12.1 Å². The van der Waals surface area contributed by atoms with Gasteiger partial charge in [0.15, 0.2) is 0 Å². The number of amides is 1. The molecule has 0 aliphatic heterocycles. The van der Waals surface area contributed by atoms with Crippen LogP contribution < -0.4 is 5.32 Å². The van der Waals surface area contributed by atoms with Gasteiger partial charge < -0.3 is 15.5 Å². The summed E-state index contributed by atoms with van der Waals surface area (Å²) in [5.74, 6) is -3.90. The average molecular weight is 251 g/mol. The van der Waals surface area contributed by atoms with Crippen molar-refractivity contribution in [3.8, 4) is 0 Å². The van der Waals surface area contributed by atoms with Crippen molar-refractivity contribution in [3.63, 3.8) is 0 Å². The van der Waals surface area contributed by atoms with Crippen molar-refractivity contribution in [3.05, 3.63) is 35.4 Å². The molecule has 18 heavy (non-hydrogen) atoms. The van der Waals surface area contributed by atoms with E-state index in [4.69, 9.17) is 10.2 Å². The van der Waals surface area contributed by atoms with Crippen molar-refractivity contribution in [1.29, 1.82) is 0 Å². The molecule has 1 aromatic rings. The van der Waals surface area contributed by atoms with Crippen LogP contribution >= 0.6 is 0 Å². The molecular weight excluding hydrogens is 238 g/mol. The molecule has 0 fully saturated rings. The first-order chi connectivity index (χ1) is 8.41. The molecule has 6 nitrogen and oxygen atoms in total. The van der Waals surface area contributed by atoms with Gasteiger partial charge in [0, 0.05) is 6.54 Å². The molecule has 0 spiro atoms. The summed E-state index contributed by atoms with van der Waals surface area (Å²) in [5, 5.41) is 19.8. The molecule has 0 heterocycles. The molecule has 0 bridgehead atoms. The first-order valence-corrected chi connectivity index (χ1v) is 5.24. The number of carbonyl (C=O) groups excluding carboxylic acids is 1. The normalized spacial score (nSPS) is 11.6. The van der Waals surface area contributed by atoms with Crippen LogP contribution in [0.2, 0.25) is 0 Å². The number of carboxylic acid groups (broad SMARTS) is 2. The highest BCUT2D eigenvalue weighted by atomic mass is 16.4. The van der Waals surface area contributed by atoms with E-state index in [1.807, 2.05) is 0 Å². The number of carboxylic acids is 2. The summed E-state index contributed by atoms with van der Waals surface area (Å²) in [7, 11) is 0. The van der Waals surface area contributed by atoms with Crippen LogP contribution in [0, 0.1) is 5.92 Å². The molecule has 0 saturated carbocycles. The zero-order valence-corrected chi connectivity index (χ0v) is 9.71. The molecular formula is C12H13NO5. The lowest BCUT2D eigenvalue weighted by Crippen LogP contribution is -2.33. The molecule has 0 aromatic heterocycles. The minimum Gasteiger partial charge on any atom is -0.481 e. The Morgan fingerprint density at radius 3 is 2.17 bits per heavy atom. The Kier molecular flexibility index (Phi) is 4.42. The maximum Gasteiger partial charge on any atom is 0.335 e. The highest BCUT2D eigenvalue weighted by Gasteiger charge is 2.19. The molecule has 1 unspecified atom stereocenters. The van der Waals surface area contributed by atoms with Crippen molar-refractivity contribution in [1.82, 2.24) is 5.32 Å². The summed E-state index contributed by atoms with van der Waals surface area (Å²) >= 11 is 0. The minimum atomic E-state index is -1.19. The van der Waals surface area contributed by atoms with Gasteiger partial charge in [0.25, 0.3) is 0 Å². The fourth-order valence-corrected chi connectivity index (χ4v) is 1.22. The van der Waals surface area contributed by atoms with Gasteiger partial charge in [-0.05, 0) is 24.6 Å². The van der Waals surface area contributed by atoms with Crippen LogP contribution in [0.1, 0.15) is 22.8 Å². The second-order valence-corrected chi connectivity index (χ2v) is 3.78. The van der Waals surface area contributed by atoms with E-state index in [9.17, 15) is 14.4 Å². The van der Waals surface area contributed by atoms with Gasteiger partial charge in [-0.25, -0.2) is 4.79 Å². The van der Waals surface area contributed by atoms with E-state index in [0.717, 1.165) is 0 Å².